The zero-order chi connectivity index (χ0) is 18.0. The maximum Gasteiger partial charge on any atom is 0.285 e. The van der Waals surface area contributed by atoms with Crippen LogP contribution in [0.4, 0.5) is 0 Å². The normalized spacial score (nSPS) is 24.4. The van der Waals surface area contributed by atoms with Crippen LogP contribution in [0.15, 0.2) is 38.7 Å². The molecular formula is C16H22ClN5O2S. The van der Waals surface area contributed by atoms with E-state index in [4.69, 9.17) is 11.6 Å². The maximum absolute atomic E-state index is 12.7. The standard InChI is InChI=1S/C16H22ClN5O2S/c1-3-18-16(20-25(23,24)14-6-4-5-13(17)9-14)22-15-7-8-21(2)11-12(15)10-19-22/h4-6,9-10,12,15H,3,7-8,11H2,1-2H3,(H,18,20). The second-order valence-corrected chi connectivity index (χ2v) is 8.31. The van der Waals surface area contributed by atoms with E-state index in [2.05, 4.69) is 26.8 Å². The quantitative estimate of drug-likeness (QED) is 0.634. The summed E-state index contributed by atoms with van der Waals surface area (Å²) in [6.45, 7) is 4.30. The molecule has 1 aromatic carbocycles. The number of hydrogen-bond acceptors (Lipinski definition) is 4. The molecule has 0 radical (unpaired) electrons. The summed E-state index contributed by atoms with van der Waals surface area (Å²) in [6, 6.07) is 6.24. The fourth-order valence-electron chi connectivity index (χ4n) is 3.15. The molecule has 0 saturated carbocycles. The van der Waals surface area contributed by atoms with E-state index in [0.717, 1.165) is 19.5 Å². The van der Waals surface area contributed by atoms with Gasteiger partial charge in [-0.1, -0.05) is 17.7 Å². The van der Waals surface area contributed by atoms with Gasteiger partial charge >= 0.3 is 0 Å². The number of rotatable bonds is 3. The van der Waals surface area contributed by atoms with Crippen LogP contribution in [-0.4, -0.2) is 63.2 Å². The molecule has 9 heteroatoms. The SMILES string of the molecule is CCN/C(=N\S(=O)(=O)c1cccc(Cl)c1)N1N=CC2CN(C)CCC21. The second kappa shape index (κ2) is 7.31. The molecular weight excluding hydrogens is 362 g/mol. The zero-order valence-corrected chi connectivity index (χ0v) is 15.8. The topological polar surface area (TPSA) is 77.4 Å². The van der Waals surface area contributed by atoms with Crippen molar-refractivity contribution in [1.82, 2.24) is 15.2 Å². The predicted octanol–water partition coefficient (Wildman–Crippen LogP) is 1.62. The number of nitrogens with one attached hydrogen (secondary N) is 1. The minimum Gasteiger partial charge on any atom is -0.354 e. The van der Waals surface area contributed by atoms with Crippen LogP contribution in [0.25, 0.3) is 0 Å². The number of likely N-dealkylation sites (tertiary alicyclic amines) is 1. The Labute approximate surface area is 153 Å². The summed E-state index contributed by atoms with van der Waals surface area (Å²) in [4.78, 5) is 2.32. The lowest BCUT2D eigenvalue weighted by Gasteiger charge is -2.35. The van der Waals surface area contributed by atoms with Crippen molar-refractivity contribution in [2.75, 3.05) is 26.7 Å². The molecule has 1 fully saturated rings. The van der Waals surface area contributed by atoms with E-state index in [9.17, 15) is 8.42 Å². The average molecular weight is 384 g/mol. The van der Waals surface area contributed by atoms with Crippen molar-refractivity contribution < 1.29 is 8.42 Å². The van der Waals surface area contributed by atoms with Crippen LogP contribution < -0.4 is 5.32 Å². The molecule has 0 spiro atoms. The molecule has 0 aromatic heterocycles. The number of piperidine rings is 1. The first-order valence-corrected chi connectivity index (χ1v) is 10.1. The van der Waals surface area contributed by atoms with E-state index >= 15 is 0 Å². The average Bonchev–Trinajstić information content (AvgIpc) is 2.97. The van der Waals surface area contributed by atoms with Crippen molar-refractivity contribution in [3.63, 3.8) is 0 Å². The monoisotopic (exact) mass is 383 g/mol. The van der Waals surface area contributed by atoms with Gasteiger partial charge in [-0.3, -0.25) is 0 Å². The summed E-state index contributed by atoms with van der Waals surface area (Å²) < 4.78 is 29.4. The highest BCUT2D eigenvalue weighted by molar-refractivity contribution is 7.90. The molecule has 7 nitrogen and oxygen atoms in total. The van der Waals surface area contributed by atoms with Crippen LogP contribution in [-0.2, 0) is 10.0 Å². The van der Waals surface area contributed by atoms with Crippen LogP contribution in [0.5, 0.6) is 0 Å². The summed E-state index contributed by atoms with van der Waals surface area (Å²) >= 11 is 5.91. The van der Waals surface area contributed by atoms with Gasteiger partial charge in [-0.2, -0.15) is 13.5 Å². The lowest BCUT2D eigenvalue weighted by Crippen LogP contribution is -2.50. The predicted molar refractivity (Wildman–Crippen MR) is 99.5 cm³/mol. The van der Waals surface area contributed by atoms with Gasteiger partial charge in [0.2, 0.25) is 5.96 Å². The summed E-state index contributed by atoms with van der Waals surface area (Å²) in [5.41, 5.74) is 0. The summed E-state index contributed by atoms with van der Waals surface area (Å²) in [5.74, 6) is 0.534. The Bertz CT molecular complexity index is 795. The van der Waals surface area contributed by atoms with Crippen molar-refractivity contribution in [2.24, 2.45) is 15.4 Å². The van der Waals surface area contributed by atoms with Gasteiger partial charge in [-0.05, 0) is 45.1 Å². The molecule has 1 saturated heterocycles. The van der Waals surface area contributed by atoms with E-state index in [-0.39, 0.29) is 22.8 Å². The molecule has 0 aliphatic carbocycles. The van der Waals surface area contributed by atoms with Crippen LogP contribution in [0, 0.1) is 5.92 Å². The van der Waals surface area contributed by atoms with Gasteiger partial charge in [0.1, 0.15) is 0 Å². The van der Waals surface area contributed by atoms with Crippen LogP contribution in [0.2, 0.25) is 5.02 Å². The Morgan fingerprint density at radius 3 is 3.00 bits per heavy atom. The Balaban J connectivity index is 1.91. The fraction of sp³-hybridized carbons (Fsp3) is 0.500. The lowest BCUT2D eigenvalue weighted by molar-refractivity contribution is 0.166. The van der Waals surface area contributed by atoms with Gasteiger partial charge in [-0.25, -0.2) is 5.01 Å². The summed E-state index contributed by atoms with van der Waals surface area (Å²) in [7, 11) is -1.80. The Kier molecular flexibility index (Phi) is 5.31. The minimum absolute atomic E-state index is 0.0681. The van der Waals surface area contributed by atoms with E-state index in [1.807, 2.05) is 13.1 Å². The molecule has 25 heavy (non-hydrogen) atoms. The molecule has 1 N–H and O–H groups in total. The number of halogens is 1. The van der Waals surface area contributed by atoms with Crippen LogP contribution >= 0.6 is 11.6 Å². The highest BCUT2D eigenvalue weighted by Gasteiger charge is 2.37. The first-order chi connectivity index (χ1) is 11.9. The molecule has 2 heterocycles. The third-order valence-electron chi connectivity index (χ3n) is 4.37. The smallest absolute Gasteiger partial charge is 0.285 e. The zero-order valence-electron chi connectivity index (χ0n) is 14.3. The molecule has 1 aromatic rings. The third-order valence-corrected chi connectivity index (χ3v) is 5.87. The van der Waals surface area contributed by atoms with E-state index in [0.29, 0.717) is 11.6 Å². The Morgan fingerprint density at radius 1 is 1.48 bits per heavy atom. The fourth-order valence-corrected chi connectivity index (χ4v) is 4.41. The lowest BCUT2D eigenvalue weighted by atomic mass is 9.94. The van der Waals surface area contributed by atoms with Gasteiger partial charge in [0, 0.05) is 30.2 Å². The van der Waals surface area contributed by atoms with Gasteiger partial charge in [0.25, 0.3) is 10.0 Å². The number of fused-ring (bicyclic) bond motifs is 1. The van der Waals surface area contributed by atoms with E-state index in [1.165, 1.54) is 12.1 Å². The maximum atomic E-state index is 12.7. The molecule has 0 bridgehead atoms. The molecule has 3 rings (SSSR count). The second-order valence-electron chi connectivity index (χ2n) is 6.27. The molecule has 2 atom stereocenters. The van der Waals surface area contributed by atoms with E-state index in [1.54, 1.807) is 17.1 Å². The number of nitrogens with zero attached hydrogens (tertiary/aromatic N) is 4. The van der Waals surface area contributed by atoms with E-state index < -0.39 is 10.0 Å². The number of hydrogen-bond donors (Lipinski definition) is 1. The first-order valence-electron chi connectivity index (χ1n) is 8.27. The molecule has 2 unspecified atom stereocenters. The van der Waals surface area contributed by atoms with Crippen molar-refractivity contribution >= 4 is 33.8 Å². The van der Waals surface area contributed by atoms with Crippen molar-refractivity contribution in [3.05, 3.63) is 29.3 Å². The summed E-state index contributed by atoms with van der Waals surface area (Å²) in [6.07, 6.45) is 2.79. The van der Waals surface area contributed by atoms with Gasteiger partial charge in [0.05, 0.1) is 10.9 Å². The first kappa shape index (κ1) is 18.2. The highest BCUT2D eigenvalue weighted by atomic mass is 35.5. The molecule has 136 valence electrons. The van der Waals surface area contributed by atoms with Crippen molar-refractivity contribution in [2.45, 2.75) is 24.3 Å². The number of guanidine groups is 1. The number of benzene rings is 1. The van der Waals surface area contributed by atoms with Crippen LogP contribution in [0.3, 0.4) is 0 Å². The largest absolute Gasteiger partial charge is 0.354 e. The van der Waals surface area contributed by atoms with Gasteiger partial charge < -0.3 is 10.2 Å². The van der Waals surface area contributed by atoms with Crippen molar-refractivity contribution in [3.8, 4) is 0 Å². The molecule has 2 aliphatic rings. The van der Waals surface area contributed by atoms with Gasteiger partial charge in [-0.15, -0.1) is 4.40 Å². The Hall–Kier alpha value is -1.64. The number of hydrazone groups is 1. The molecule has 0 amide bonds. The van der Waals surface area contributed by atoms with Crippen molar-refractivity contribution in [1.29, 1.82) is 0 Å². The third kappa shape index (κ3) is 3.96. The van der Waals surface area contributed by atoms with Gasteiger partial charge in [0.15, 0.2) is 0 Å². The van der Waals surface area contributed by atoms with Crippen LogP contribution in [0.1, 0.15) is 13.3 Å². The highest BCUT2D eigenvalue weighted by Crippen LogP contribution is 2.26. The Morgan fingerprint density at radius 2 is 2.28 bits per heavy atom. The number of sulfonamides is 1. The summed E-state index contributed by atoms with van der Waals surface area (Å²) in [5, 5.41) is 9.54. The minimum atomic E-state index is -3.88. The molecule has 2 aliphatic heterocycles.